The summed E-state index contributed by atoms with van der Waals surface area (Å²) in [6, 6.07) is 0.638. The van der Waals surface area contributed by atoms with E-state index in [1.165, 1.54) is 25.7 Å². The zero-order valence-corrected chi connectivity index (χ0v) is 10.7. The van der Waals surface area contributed by atoms with Crippen molar-refractivity contribution in [3.05, 3.63) is 0 Å². The molecule has 0 radical (unpaired) electrons. The summed E-state index contributed by atoms with van der Waals surface area (Å²) in [4.78, 5) is 11.8. The maximum Gasteiger partial charge on any atom is 0.233 e. The highest BCUT2D eigenvalue weighted by molar-refractivity contribution is 8.00. The maximum absolute atomic E-state index is 11.8. The van der Waals surface area contributed by atoms with Crippen molar-refractivity contribution in [2.45, 2.75) is 49.8 Å². The second-order valence-corrected chi connectivity index (χ2v) is 6.04. The third kappa shape index (κ3) is 3.67. The van der Waals surface area contributed by atoms with E-state index in [1.54, 1.807) is 0 Å². The molecule has 0 aromatic heterocycles. The lowest BCUT2D eigenvalue weighted by Gasteiger charge is -2.20. The van der Waals surface area contributed by atoms with Gasteiger partial charge in [-0.2, -0.15) is 0 Å². The van der Waals surface area contributed by atoms with Crippen LogP contribution in [0.2, 0.25) is 0 Å². The molecule has 1 unspecified atom stereocenters. The number of carbonyl (C=O) groups is 1. The summed E-state index contributed by atoms with van der Waals surface area (Å²) < 4.78 is 0. The Bertz CT molecular complexity index is 223. The number of hydrogen-bond acceptors (Lipinski definition) is 3. The molecule has 2 rings (SSSR count). The fourth-order valence-electron chi connectivity index (χ4n) is 2.43. The minimum absolute atomic E-state index is 0.227. The van der Waals surface area contributed by atoms with E-state index >= 15 is 0 Å². The van der Waals surface area contributed by atoms with Gasteiger partial charge in [-0.3, -0.25) is 4.79 Å². The van der Waals surface area contributed by atoms with Gasteiger partial charge in [0.2, 0.25) is 5.91 Å². The first-order valence-corrected chi connectivity index (χ1v) is 7.54. The zero-order chi connectivity index (χ0) is 11.2. The first-order chi connectivity index (χ1) is 7.86. The normalized spacial score (nSPS) is 30.2. The van der Waals surface area contributed by atoms with Crippen molar-refractivity contribution in [1.82, 2.24) is 10.6 Å². The summed E-state index contributed by atoms with van der Waals surface area (Å²) in [7, 11) is 0. The van der Waals surface area contributed by atoms with Gasteiger partial charge in [0.15, 0.2) is 0 Å². The van der Waals surface area contributed by atoms with Gasteiger partial charge in [-0.25, -0.2) is 0 Å². The lowest BCUT2D eigenvalue weighted by Crippen LogP contribution is -2.36. The minimum Gasteiger partial charge on any atom is -0.355 e. The molecule has 0 bridgehead atoms. The van der Waals surface area contributed by atoms with E-state index in [0.29, 0.717) is 6.04 Å². The Morgan fingerprint density at radius 1 is 1.31 bits per heavy atom. The van der Waals surface area contributed by atoms with Crippen LogP contribution in [0.3, 0.4) is 0 Å². The van der Waals surface area contributed by atoms with Crippen molar-refractivity contribution in [2.24, 2.45) is 0 Å². The Morgan fingerprint density at radius 3 is 2.94 bits per heavy atom. The molecule has 4 heteroatoms. The van der Waals surface area contributed by atoms with Crippen molar-refractivity contribution < 1.29 is 4.79 Å². The summed E-state index contributed by atoms with van der Waals surface area (Å²) in [6.45, 7) is 1.99. The van der Waals surface area contributed by atoms with Crippen LogP contribution in [0.4, 0.5) is 0 Å². The molecule has 92 valence electrons. The first-order valence-electron chi connectivity index (χ1n) is 6.49. The third-order valence-corrected chi connectivity index (χ3v) is 4.80. The van der Waals surface area contributed by atoms with Gasteiger partial charge in [-0.15, -0.1) is 11.8 Å². The molecule has 16 heavy (non-hydrogen) atoms. The van der Waals surface area contributed by atoms with E-state index in [1.807, 2.05) is 11.8 Å². The Hall–Kier alpha value is -0.220. The summed E-state index contributed by atoms with van der Waals surface area (Å²) >= 11 is 1.83. The molecule has 2 fully saturated rings. The average Bonchev–Trinajstić information content (AvgIpc) is 2.83. The van der Waals surface area contributed by atoms with Crippen molar-refractivity contribution in [1.29, 1.82) is 0 Å². The van der Waals surface area contributed by atoms with Gasteiger partial charge in [0.05, 0.1) is 5.25 Å². The summed E-state index contributed by atoms with van der Waals surface area (Å²) in [5, 5.41) is 6.76. The Labute approximate surface area is 102 Å². The molecule has 2 N–H and O–H groups in total. The average molecular weight is 242 g/mol. The predicted molar refractivity (Wildman–Crippen MR) is 68.7 cm³/mol. The lowest BCUT2D eigenvalue weighted by molar-refractivity contribution is -0.120. The van der Waals surface area contributed by atoms with E-state index in [2.05, 4.69) is 10.6 Å². The van der Waals surface area contributed by atoms with Gasteiger partial charge in [-0.1, -0.05) is 6.42 Å². The summed E-state index contributed by atoms with van der Waals surface area (Å²) in [5.74, 6) is 1.42. The number of hydrogen-bond donors (Lipinski definition) is 2. The first kappa shape index (κ1) is 12.2. The topological polar surface area (TPSA) is 41.1 Å². The SMILES string of the molecule is O=C(NCC[C@H]1CCCN1)C1CCCCS1. The predicted octanol–water partition coefficient (Wildman–Crippen LogP) is 1.53. The molecule has 0 spiro atoms. The molecule has 2 aliphatic rings. The fourth-order valence-corrected chi connectivity index (χ4v) is 3.66. The van der Waals surface area contributed by atoms with Crippen LogP contribution >= 0.6 is 11.8 Å². The van der Waals surface area contributed by atoms with Crippen molar-refractivity contribution in [2.75, 3.05) is 18.8 Å². The van der Waals surface area contributed by atoms with E-state index < -0.39 is 0 Å². The molecule has 0 aromatic rings. The van der Waals surface area contributed by atoms with Crippen LogP contribution in [-0.4, -0.2) is 36.0 Å². The zero-order valence-electron chi connectivity index (χ0n) is 9.84. The number of carbonyl (C=O) groups excluding carboxylic acids is 1. The number of nitrogens with one attached hydrogen (secondary N) is 2. The quantitative estimate of drug-likeness (QED) is 0.785. The molecule has 0 saturated carbocycles. The molecule has 3 nitrogen and oxygen atoms in total. The standard InChI is InChI=1S/C12H22N2OS/c15-12(11-5-1-2-9-16-11)14-8-6-10-4-3-7-13-10/h10-11,13H,1-9H2,(H,14,15)/t10-,11?/m1/s1. The molecule has 0 aliphatic carbocycles. The van der Waals surface area contributed by atoms with Gasteiger partial charge >= 0.3 is 0 Å². The second-order valence-electron chi connectivity index (χ2n) is 4.73. The van der Waals surface area contributed by atoms with Crippen LogP contribution in [-0.2, 0) is 4.79 Å². The molecular weight excluding hydrogens is 220 g/mol. The van der Waals surface area contributed by atoms with Gasteiger partial charge in [0.25, 0.3) is 0 Å². The van der Waals surface area contributed by atoms with E-state index in [0.717, 1.165) is 31.7 Å². The fraction of sp³-hybridized carbons (Fsp3) is 0.917. The number of thioether (sulfide) groups is 1. The maximum atomic E-state index is 11.8. The van der Waals surface area contributed by atoms with Crippen molar-refractivity contribution >= 4 is 17.7 Å². The van der Waals surface area contributed by atoms with Crippen LogP contribution in [0.25, 0.3) is 0 Å². The van der Waals surface area contributed by atoms with Crippen LogP contribution < -0.4 is 10.6 Å². The Morgan fingerprint density at radius 2 is 2.25 bits per heavy atom. The molecule has 2 aliphatic heterocycles. The highest BCUT2D eigenvalue weighted by Crippen LogP contribution is 2.24. The van der Waals surface area contributed by atoms with E-state index in [9.17, 15) is 4.79 Å². The highest BCUT2D eigenvalue weighted by atomic mass is 32.2. The molecule has 2 heterocycles. The van der Waals surface area contributed by atoms with Gasteiger partial charge in [0, 0.05) is 12.6 Å². The Kier molecular flexibility index (Phi) is 4.97. The van der Waals surface area contributed by atoms with Crippen LogP contribution in [0.1, 0.15) is 38.5 Å². The lowest BCUT2D eigenvalue weighted by atomic mass is 10.1. The smallest absolute Gasteiger partial charge is 0.233 e. The Balaban J connectivity index is 1.59. The van der Waals surface area contributed by atoms with Crippen molar-refractivity contribution in [3.8, 4) is 0 Å². The van der Waals surface area contributed by atoms with Crippen LogP contribution in [0.5, 0.6) is 0 Å². The van der Waals surface area contributed by atoms with Crippen LogP contribution in [0.15, 0.2) is 0 Å². The molecule has 1 amide bonds. The van der Waals surface area contributed by atoms with Crippen molar-refractivity contribution in [3.63, 3.8) is 0 Å². The van der Waals surface area contributed by atoms with Crippen LogP contribution in [0, 0.1) is 0 Å². The monoisotopic (exact) mass is 242 g/mol. The number of amides is 1. The third-order valence-electron chi connectivity index (χ3n) is 3.43. The minimum atomic E-state index is 0.227. The highest BCUT2D eigenvalue weighted by Gasteiger charge is 2.21. The molecule has 0 aromatic carbocycles. The van der Waals surface area contributed by atoms with Gasteiger partial charge in [-0.05, 0) is 44.4 Å². The van der Waals surface area contributed by atoms with E-state index in [-0.39, 0.29) is 11.2 Å². The number of rotatable bonds is 4. The van der Waals surface area contributed by atoms with Gasteiger partial charge < -0.3 is 10.6 Å². The molecule has 2 saturated heterocycles. The molecule has 2 atom stereocenters. The second kappa shape index (κ2) is 6.50. The van der Waals surface area contributed by atoms with E-state index in [4.69, 9.17) is 0 Å². The van der Waals surface area contributed by atoms with Gasteiger partial charge in [0.1, 0.15) is 0 Å². The summed E-state index contributed by atoms with van der Waals surface area (Å²) in [6.07, 6.45) is 7.21. The molecular formula is C12H22N2OS. The largest absolute Gasteiger partial charge is 0.355 e. The summed E-state index contributed by atoms with van der Waals surface area (Å²) in [5.41, 5.74) is 0.